The molecular weight excluding hydrogens is 1770 g/mol. The highest BCUT2D eigenvalue weighted by Crippen LogP contribution is 2.19. The number of hydrogen-bond acceptors (Lipinski definition) is 26. The molecule has 57 heteroatoms. The molecule has 13 atom stereocenters. The normalized spacial score (nSPS) is 14.8. The van der Waals surface area contributed by atoms with Gasteiger partial charge in [0.15, 0.2) is 47.7 Å². The van der Waals surface area contributed by atoms with Crippen LogP contribution in [0.2, 0.25) is 0 Å². The van der Waals surface area contributed by atoms with Crippen LogP contribution >= 0.6 is 24.4 Å². The molecule has 1 fully saturated rings. The van der Waals surface area contributed by atoms with Crippen LogP contribution in [-0.4, -0.2) is 317 Å². The van der Waals surface area contributed by atoms with Gasteiger partial charge in [0.25, 0.3) is 0 Å². The molecule has 48 N–H and O–H groups in total. The van der Waals surface area contributed by atoms with Gasteiger partial charge in [-0.3, -0.25) is 120 Å². The van der Waals surface area contributed by atoms with Gasteiger partial charge in [-0.1, -0.05) is 20.4 Å². The zero-order valence-electron chi connectivity index (χ0n) is 75.3. The molecule has 1 aliphatic heterocycles. The Balaban J connectivity index is 3.91. The summed E-state index contributed by atoms with van der Waals surface area (Å²) in [6, 6.07) is -18.3. The van der Waals surface area contributed by atoms with E-state index in [1.165, 1.54) is 6.92 Å². The molecule has 0 radical (unpaired) electrons. The number of guanidine groups is 8. The lowest BCUT2D eigenvalue weighted by Gasteiger charge is -2.28. The SMILES string of the molecule is C=C(C(C)C)[C@H](NC(=O)C1CCCN1C)C(=O)NCC(=O)NC(CSC)C(=O)N[C@@H](C)C(=O)NCC(=O)N[C@H](CCCNC(=N)N)C(=O)N[C@H](CCCNC(=N)N)C(=O)N[C@H](CCCNC(=N)N)C(=O)N[C@H](CCCNC(=N)N)C(=O)N[C@H](CCCNC(=N)N)C(=O)N[C@H](CCCNC(=N)N)C(=O)N[C@H](CCCNC(=N)N)C(=O)N[C@H](CCCNC(=N)N)C(=O)N[C@H](CS)C(N)=O. The van der Waals surface area contributed by atoms with E-state index >= 15 is 9.59 Å². The number of nitrogens with two attached hydrogens (primary N) is 9. The van der Waals surface area contributed by atoms with Crippen LogP contribution in [0.25, 0.3) is 0 Å². The summed E-state index contributed by atoms with van der Waals surface area (Å²) in [5, 5.41) is 118. The highest BCUT2D eigenvalue weighted by molar-refractivity contribution is 7.98. The number of likely N-dealkylation sites (tertiary alicyclic amines) is 1. The number of carbonyl (C=O) groups is 15. The van der Waals surface area contributed by atoms with Crippen molar-refractivity contribution in [2.45, 2.75) is 215 Å². The van der Waals surface area contributed by atoms with Crippen molar-refractivity contribution in [2.75, 3.05) is 96.8 Å². The number of rotatable bonds is 66. The van der Waals surface area contributed by atoms with Crippen LogP contribution < -0.4 is 169 Å². The minimum Gasteiger partial charge on any atom is -0.370 e. The molecule has 744 valence electrons. The molecule has 0 aromatic carbocycles. The lowest BCUT2D eigenvalue weighted by atomic mass is 9.96. The van der Waals surface area contributed by atoms with Crippen LogP contribution in [0, 0.1) is 49.2 Å². The molecule has 0 bridgehead atoms. The molecule has 1 saturated heterocycles. The molecule has 0 aliphatic carbocycles. The summed E-state index contributed by atoms with van der Waals surface area (Å²) in [5.41, 5.74) is 50.3. The van der Waals surface area contributed by atoms with Crippen molar-refractivity contribution in [3.05, 3.63) is 12.2 Å². The van der Waals surface area contributed by atoms with Crippen molar-refractivity contribution >= 4 is 161 Å². The zero-order chi connectivity index (χ0) is 99.7. The van der Waals surface area contributed by atoms with Crippen LogP contribution in [0.4, 0.5) is 0 Å². The molecule has 1 rings (SSSR count). The molecule has 55 nitrogen and oxygen atoms in total. The van der Waals surface area contributed by atoms with Crippen molar-refractivity contribution < 1.29 is 71.9 Å². The van der Waals surface area contributed by atoms with Gasteiger partial charge < -0.3 is 169 Å². The van der Waals surface area contributed by atoms with Crippen LogP contribution in [0.15, 0.2) is 12.2 Å². The number of carbonyl (C=O) groups excluding carboxylic acids is 15. The van der Waals surface area contributed by atoms with E-state index < -0.39 is 222 Å². The predicted octanol–water partition coefficient (Wildman–Crippen LogP) is -12.8. The molecule has 1 aliphatic rings. The van der Waals surface area contributed by atoms with E-state index in [4.69, 9.17) is 94.9 Å². The van der Waals surface area contributed by atoms with Gasteiger partial charge in [0, 0.05) is 63.9 Å². The maximum atomic E-state index is 15.0. The van der Waals surface area contributed by atoms with Gasteiger partial charge in [0.1, 0.15) is 72.5 Å². The monoisotopic (exact) mass is 1910 g/mol. The van der Waals surface area contributed by atoms with Gasteiger partial charge in [-0.2, -0.15) is 24.4 Å². The second-order valence-electron chi connectivity index (χ2n) is 31.1. The maximum Gasteiger partial charge on any atom is 0.247 e. The van der Waals surface area contributed by atoms with Crippen molar-refractivity contribution in [1.29, 1.82) is 43.3 Å². The first-order valence-corrected chi connectivity index (χ1v) is 44.8. The Hall–Kier alpha value is -13.4. The van der Waals surface area contributed by atoms with Gasteiger partial charge in [-0.15, -0.1) is 0 Å². The van der Waals surface area contributed by atoms with E-state index in [0.717, 1.165) is 18.2 Å². The lowest BCUT2D eigenvalue weighted by molar-refractivity contribution is -0.136. The highest BCUT2D eigenvalue weighted by Gasteiger charge is 2.38. The smallest absolute Gasteiger partial charge is 0.247 e. The van der Waals surface area contributed by atoms with Crippen molar-refractivity contribution in [3.8, 4) is 0 Å². The fourth-order valence-electron chi connectivity index (χ4n) is 12.7. The minimum atomic E-state index is -1.66. The third kappa shape index (κ3) is 50.5. The lowest BCUT2D eigenvalue weighted by Crippen LogP contribution is -2.60. The Morgan fingerprint density at radius 2 is 0.591 bits per heavy atom. The average molecular weight is 1910 g/mol. The minimum absolute atomic E-state index is 0.00684. The predicted molar refractivity (Wildman–Crippen MR) is 499 cm³/mol. The summed E-state index contributed by atoms with van der Waals surface area (Å²) in [4.78, 5) is 213. The molecule has 0 aromatic heterocycles. The number of amides is 15. The molecular formula is C75H142N40O15S2. The first-order valence-electron chi connectivity index (χ1n) is 42.8. The topological polar surface area (TPSA) is 949 Å². The number of hydrogen-bond donors (Lipinski definition) is 40. The fraction of sp³-hybridized carbons (Fsp3) is 0.667. The zero-order valence-corrected chi connectivity index (χ0v) is 77.0. The van der Waals surface area contributed by atoms with Gasteiger partial charge in [0.2, 0.25) is 88.6 Å². The van der Waals surface area contributed by atoms with E-state index in [1.807, 2.05) is 4.90 Å². The molecule has 0 aromatic rings. The summed E-state index contributed by atoms with van der Waals surface area (Å²) < 4.78 is 0. The van der Waals surface area contributed by atoms with E-state index in [1.54, 1.807) is 27.2 Å². The molecule has 0 spiro atoms. The largest absolute Gasteiger partial charge is 0.370 e. The van der Waals surface area contributed by atoms with Gasteiger partial charge >= 0.3 is 0 Å². The van der Waals surface area contributed by atoms with Gasteiger partial charge in [-0.25, -0.2) is 0 Å². The quantitative estimate of drug-likeness (QED) is 0.00884. The van der Waals surface area contributed by atoms with Gasteiger partial charge in [-0.05, 0) is 154 Å². The van der Waals surface area contributed by atoms with E-state index in [-0.39, 0.29) is 178 Å². The number of primary amides is 1. The first-order chi connectivity index (χ1) is 62.2. The summed E-state index contributed by atoms with van der Waals surface area (Å²) in [6.45, 7) is 7.80. The first kappa shape index (κ1) is 117. The second kappa shape index (κ2) is 64.4. The number of nitrogens with zero attached hydrogens (tertiary/aromatic N) is 1. The third-order valence-corrected chi connectivity index (χ3v) is 20.9. The Kier molecular flexibility index (Phi) is 56.9. The number of thioether (sulfide) groups is 1. The Morgan fingerprint density at radius 1 is 0.348 bits per heavy atom. The summed E-state index contributed by atoms with van der Waals surface area (Å²) in [6.07, 6.45) is 1.06. The standard InChI is InChI=1S/C75H142N40O15S2/c1-38(2)39(3)54(114-66(129)51-24-15-33-115(51)5)67(130)102-35-53(117)105-50(37-132-6)65(128)103-40(4)56(119)101-34-52(116)104-41(16-7-25-93-68(77)78)57(120)106-42(17-8-26-94-69(79)80)58(121)107-43(18-9-27-95-70(81)82)59(122)108-44(19-10-28-96-71(83)84)60(123)109-45(20-11-29-97-72(85)86)61(124)110-46(21-12-30-98-73(87)88)62(125)111-47(22-13-31-99-74(89)90)63(126)112-48(23-14-32-100-75(91)92)64(127)113-49(36-131)55(76)118/h38,40-51,54,131H,3,7-37H2,1-2,4-6H3,(H2,76,118)(H,101,119)(H,102,130)(H,103,128)(H,104,116)(H,105,117)(H,106,120)(H,107,121)(H,108,122)(H,109,123)(H,110,124)(H,111,125)(H,112,126)(H,113,127)(H,114,129)(H4,77,78,93)(H4,79,80,94)(H4,81,82,95)(H4,83,84,96)(H4,85,86,97)(H4,87,88,98)(H4,89,90,99)(H4,91,92,100)/t40-,41+,42+,43+,44+,45+,46+,47+,48+,49+,50?,51?,54-/m0/s1. The van der Waals surface area contributed by atoms with E-state index in [2.05, 4.69) is 136 Å². The van der Waals surface area contributed by atoms with Crippen molar-refractivity contribution in [3.63, 3.8) is 0 Å². The number of likely N-dealkylation sites (N-methyl/N-ethyl adjacent to an activating group) is 1. The maximum absolute atomic E-state index is 15.0. The molecule has 132 heavy (non-hydrogen) atoms. The van der Waals surface area contributed by atoms with E-state index in [0.29, 0.717) is 18.5 Å². The summed E-state index contributed by atoms with van der Waals surface area (Å²) in [7, 11) is 1.79. The van der Waals surface area contributed by atoms with Crippen molar-refractivity contribution in [2.24, 2.45) is 57.5 Å². The van der Waals surface area contributed by atoms with Crippen LogP contribution in [0.1, 0.15) is 136 Å². The number of thiol groups is 1. The van der Waals surface area contributed by atoms with Crippen LogP contribution in [-0.2, 0) is 71.9 Å². The third-order valence-electron chi connectivity index (χ3n) is 19.9. The van der Waals surface area contributed by atoms with E-state index in [9.17, 15) is 62.3 Å². The highest BCUT2D eigenvalue weighted by atomic mass is 32.2. The molecule has 0 saturated carbocycles. The Bertz CT molecular complexity index is 3940. The van der Waals surface area contributed by atoms with Gasteiger partial charge in [0.05, 0.1) is 19.1 Å². The van der Waals surface area contributed by atoms with Crippen LogP contribution in [0.5, 0.6) is 0 Å². The molecule has 15 amide bonds. The average Bonchev–Trinajstić information content (AvgIpc) is 1.31. The van der Waals surface area contributed by atoms with Crippen LogP contribution in [0.3, 0.4) is 0 Å². The molecule has 2 unspecified atom stereocenters. The summed E-state index contributed by atoms with van der Waals surface area (Å²) in [5.74, 6) is -17.7. The molecule has 1 heterocycles. The summed E-state index contributed by atoms with van der Waals surface area (Å²) >= 11 is 5.25. The Morgan fingerprint density at radius 3 is 0.818 bits per heavy atom. The Labute approximate surface area is 775 Å². The second-order valence-corrected chi connectivity index (χ2v) is 32.4. The number of nitrogens with one attached hydrogen (secondary N) is 30. The fourth-order valence-corrected chi connectivity index (χ4v) is 13.6. The van der Waals surface area contributed by atoms with Crippen molar-refractivity contribution in [1.82, 2.24) is 122 Å².